The van der Waals surface area contributed by atoms with Gasteiger partial charge in [0.2, 0.25) is 11.7 Å². The zero-order valence-corrected chi connectivity index (χ0v) is 13.7. The molecule has 1 aliphatic rings. The smallest absolute Gasteiger partial charge is 0.246 e. The van der Waals surface area contributed by atoms with Crippen LogP contribution in [-0.2, 0) is 15.9 Å². The van der Waals surface area contributed by atoms with Crippen molar-refractivity contribution in [2.24, 2.45) is 5.73 Å². The van der Waals surface area contributed by atoms with Crippen LogP contribution in [-0.4, -0.2) is 16.7 Å². The summed E-state index contributed by atoms with van der Waals surface area (Å²) in [5, 5.41) is 4.24. The quantitative estimate of drug-likeness (QED) is 0.811. The van der Waals surface area contributed by atoms with Gasteiger partial charge in [-0.1, -0.05) is 44.7 Å². The van der Waals surface area contributed by atoms with Crippen molar-refractivity contribution in [3.8, 4) is 0 Å². The molecule has 0 saturated heterocycles. The minimum atomic E-state index is -0.524. The Labute approximate surface area is 127 Å². The maximum atomic E-state index is 6.37. The van der Waals surface area contributed by atoms with E-state index in [2.05, 4.69) is 24.0 Å². The summed E-state index contributed by atoms with van der Waals surface area (Å²) in [6.45, 7) is 6.80. The molecule has 1 aliphatic carbocycles. The van der Waals surface area contributed by atoms with Crippen LogP contribution in [0.3, 0.4) is 0 Å². The highest BCUT2D eigenvalue weighted by Gasteiger charge is 2.40. The van der Waals surface area contributed by atoms with Gasteiger partial charge in [-0.3, -0.25) is 0 Å². The van der Waals surface area contributed by atoms with E-state index in [1.54, 1.807) is 0 Å². The Balaban J connectivity index is 2.31. The molecule has 0 bridgehead atoms. The molecule has 1 heterocycles. The SMILES string of the molecule is CCOC1(c2noc(C(N)(CC)CC)n2)CCCCCC1. The van der Waals surface area contributed by atoms with Gasteiger partial charge in [-0.2, -0.15) is 4.98 Å². The third-order valence-electron chi connectivity index (χ3n) is 4.85. The maximum Gasteiger partial charge on any atom is 0.246 e. The fourth-order valence-electron chi connectivity index (χ4n) is 3.17. The van der Waals surface area contributed by atoms with Gasteiger partial charge in [0, 0.05) is 6.61 Å². The van der Waals surface area contributed by atoms with E-state index in [1.165, 1.54) is 12.8 Å². The van der Waals surface area contributed by atoms with Crippen LogP contribution >= 0.6 is 0 Å². The molecule has 0 amide bonds. The lowest BCUT2D eigenvalue weighted by Gasteiger charge is -2.29. The lowest BCUT2D eigenvalue weighted by molar-refractivity contribution is -0.0636. The number of hydrogen-bond acceptors (Lipinski definition) is 5. The van der Waals surface area contributed by atoms with E-state index in [-0.39, 0.29) is 5.60 Å². The van der Waals surface area contributed by atoms with E-state index < -0.39 is 5.54 Å². The first-order valence-electron chi connectivity index (χ1n) is 8.37. The number of hydrogen-bond donors (Lipinski definition) is 1. The molecule has 1 saturated carbocycles. The Hall–Kier alpha value is -0.940. The number of rotatable bonds is 6. The van der Waals surface area contributed by atoms with Crippen LogP contribution in [0.2, 0.25) is 0 Å². The molecule has 21 heavy (non-hydrogen) atoms. The summed E-state index contributed by atoms with van der Waals surface area (Å²) in [5.74, 6) is 1.24. The van der Waals surface area contributed by atoms with Crippen molar-refractivity contribution in [3.05, 3.63) is 11.7 Å². The largest absolute Gasteiger partial charge is 0.367 e. The second-order valence-corrected chi connectivity index (χ2v) is 6.13. The Bertz CT molecular complexity index is 432. The van der Waals surface area contributed by atoms with E-state index >= 15 is 0 Å². The second kappa shape index (κ2) is 6.88. The Morgan fingerprint density at radius 3 is 2.29 bits per heavy atom. The van der Waals surface area contributed by atoms with Gasteiger partial charge in [0.25, 0.3) is 0 Å². The molecule has 0 spiro atoms. The predicted octanol–water partition coefficient (Wildman–Crippen LogP) is 3.63. The van der Waals surface area contributed by atoms with Crippen LogP contribution in [0.25, 0.3) is 0 Å². The molecule has 5 heteroatoms. The highest BCUT2D eigenvalue weighted by molar-refractivity contribution is 5.07. The first kappa shape index (κ1) is 16.4. The number of nitrogens with zero attached hydrogens (tertiary/aromatic N) is 2. The normalized spacial score (nSPS) is 19.4. The summed E-state index contributed by atoms with van der Waals surface area (Å²) in [5.41, 5.74) is 5.47. The molecule has 2 rings (SSSR count). The standard InChI is InChI=1S/C16H29N3O2/c1-4-15(17,5-2)14-18-13(19-21-14)16(20-6-3)11-9-7-8-10-12-16/h4-12,17H2,1-3H3. The van der Waals surface area contributed by atoms with Gasteiger partial charge in [-0.25, -0.2) is 0 Å². The molecule has 120 valence electrons. The van der Waals surface area contributed by atoms with E-state index in [0.29, 0.717) is 18.3 Å². The minimum absolute atomic E-state index is 0.380. The molecule has 0 atom stereocenters. The minimum Gasteiger partial charge on any atom is -0.367 e. The van der Waals surface area contributed by atoms with Crippen LogP contribution < -0.4 is 5.73 Å². The highest BCUT2D eigenvalue weighted by Crippen LogP contribution is 2.39. The average molecular weight is 295 g/mol. The van der Waals surface area contributed by atoms with Gasteiger partial charge in [0.05, 0.1) is 5.54 Å². The Morgan fingerprint density at radius 1 is 1.14 bits per heavy atom. The summed E-state index contributed by atoms with van der Waals surface area (Å²) in [6, 6.07) is 0. The van der Waals surface area contributed by atoms with Crippen LogP contribution in [0.5, 0.6) is 0 Å². The summed E-state index contributed by atoms with van der Waals surface area (Å²) in [6.07, 6.45) is 8.32. The molecule has 1 aromatic rings. The zero-order valence-electron chi connectivity index (χ0n) is 13.7. The van der Waals surface area contributed by atoms with E-state index in [1.807, 2.05) is 6.92 Å². The zero-order chi connectivity index (χ0) is 15.3. The maximum absolute atomic E-state index is 6.37. The fraction of sp³-hybridized carbons (Fsp3) is 0.875. The summed E-state index contributed by atoms with van der Waals surface area (Å²) in [7, 11) is 0. The van der Waals surface area contributed by atoms with Gasteiger partial charge < -0.3 is 15.0 Å². The van der Waals surface area contributed by atoms with Gasteiger partial charge in [0.15, 0.2) is 0 Å². The van der Waals surface area contributed by atoms with Crippen molar-refractivity contribution in [3.63, 3.8) is 0 Å². The van der Waals surface area contributed by atoms with Gasteiger partial charge in [0.1, 0.15) is 5.60 Å². The molecule has 1 fully saturated rings. The van der Waals surface area contributed by atoms with Crippen molar-refractivity contribution in [1.82, 2.24) is 10.1 Å². The monoisotopic (exact) mass is 295 g/mol. The lowest BCUT2D eigenvalue weighted by Crippen LogP contribution is -2.36. The topological polar surface area (TPSA) is 74.2 Å². The predicted molar refractivity (Wildman–Crippen MR) is 81.8 cm³/mol. The molecular formula is C16H29N3O2. The summed E-state index contributed by atoms with van der Waals surface area (Å²) in [4.78, 5) is 4.65. The Kier molecular flexibility index (Phi) is 5.38. The van der Waals surface area contributed by atoms with E-state index in [4.69, 9.17) is 15.0 Å². The van der Waals surface area contributed by atoms with Crippen LogP contribution in [0.1, 0.15) is 83.9 Å². The fourth-order valence-corrected chi connectivity index (χ4v) is 3.17. The van der Waals surface area contributed by atoms with Crippen molar-refractivity contribution < 1.29 is 9.26 Å². The Morgan fingerprint density at radius 2 is 1.76 bits per heavy atom. The van der Waals surface area contributed by atoms with Crippen molar-refractivity contribution in [2.75, 3.05) is 6.61 Å². The summed E-state index contributed by atoms with van der Waals surface area (Å²) < 4.78 is 11.6. The molecule has 0 aromatic carbocycles. The molecule has 2 N–H and O–H groups in total. The summed E-state index contributed by atoms with van der Waals surface area (Å²) >= 11 is 0. The molecule has 0 aliphatic heterocycles. The van der Waals surface area contributed by atoms with E-state index in [9.17, 15) is 0 Å². The van der Waals surface area contributed by atoms with E-state index in [0.717, 1.165) is 38.5 Å². The van der Waals surface area contributed by atoms with Crippen LogP contribution in [0.15, 0.2) is 4.52 Å². The van der Waals surface area contributed by atoms with Crippen LogP contribution in [0, 0.1) is 0 Å². The first-order chi connectivity index (χ1) is 10.1. The average Bonchev–Trinajstić information content (AvgIpc) is 2.90. The third kappa shape index (κ3) is 3.29. The second-order valence-electron chi connectivity index (χ2n) is 6.13. The van der Waals surface area contributed by atoms with Gasteiger partial charge in [-0.05, 0) is 32.6 Å². The molecule has 1 aromatic heterocycles. The lowest BCUT2D eigenvalue weighted by atomic mass is 9.92. The van der Waals surface area contributed by atoms with Crippen molar-refractivity contribution in [2.45, 2.75) is 83.3 Å². The molecule has 0 unspecified atom stereocenters. The van der Waals surface area contributed by atoms with Crippen LogP contribution in [0.4, 0.5) is 0 Å². The molecule has 0 radical (unpaired) electrons. The highest BCUT2D eigenvalue weighted by atomic mass is 16.5. The number of ether oxygens (including phenoxy) is 1. The van der Waals surface area contributed by atoms with Gasteiger partial charge >= 0.3 is 0 Å². The third-order valence-corrected chi connectivity index (χ3v) is 4.85. The molecule has 5 nitrogen and oxygen atoms in total. The number of nitrogens with two attached hydrogens (primary N) is 1. The first-order valence-corrected chi connectivity index (χ1v) is 8.37. The van der Waals surface area contributed by atoms with Crippen molar-refractivity contribution >= 4 is 0 Å². The van der Waals surface area contributed by atoms with Crippen molar-refractivity contribution in [1.29, 1.82) is 0 Å². The number of aromatic nitrogens is 2. The van der Waals surface area contributed by atoms with Gasteiger partial charge in [-0.15, -0.1) is 0 Å². The molecular weight excluding hydrogens is 266 g/mol.